The molecule has 1 aliphatic rings. The summed E-state index contributed by atoms with van der Waals surface area (Å²) in [5, 5.41) is 0. The first kappa shape index (κ1) is 14.0. The van der Waals surface area contributed by atoms with Gasteiger partial charge in [0, 0.05) is 22.3 Å². The third-order valence-electron chi connectivity index (χ3n) is 3.54. The van der Waals surface area contributed by atoms with Crippen LogP contribution in [0.15, 0.2) is 53.4 Å². The van der Waals surface area contributed by atoms with Gasteiger partial charge in [0.15, 0.2) is 0 Å². The summed E-state index contributed by atoms with van der Waals surface area (Å²) in [6.45, 7) is 0.450. The van der Waals surface area contributed by atoms with Gasteiger partial charge in [-0.3, -0.25) is 4.79 Å². The molecule has 3 rings (SSSR count). The Morgan fingerprint density at radius 3 is 2.95 bits per heavy atom. The van der Waals surface area contributed by atoms with E-state index in [0.717, 1.165) is 11.3 Å². The van der Waals surface area contributed by atoms with Gasteiger partial charge in [-0.1, -0.05) is 30.3 Å². The van der Waals surface area contributed by atoms with Gasteiger partial charge in [-0.15, -0.1) is 11.8 Å². The highest BCUT2D eigenvalue weighted by molar-refractivity contribution is 7.99. The van der Waals surface area contributed by atoms with Crippen LogP contribution in [-0.2, 0) is 16.0 Å². The molecule has 3 nitrogen and oxygen atoms in total. The lowest BCUT2D eigenvalue weighted by molar-refractivity contribution is -0.143. The zero-order valence-corrected chi connectivity index (χ0v) is 12.4. The molecule has 0 radical (unpaired) electrons. The van der Waals surface area contributed by atoms with Crippen LogP contribution < -0.4 is 5.73 Å². The predicted octanol–water partition coefficient (Wildman–Crippen LogP) is 3.24. The van der Waals surface area contributed by atoms with Crippen molar-refractivity contribution in [3.05, 3.63) is 59.7 Å². The Morgan fingerprint density at radius 1 is 1.24 bits per heavy atom. The summed E-state index contributed by atoms with van der Waals surface area (Å²) in [5.41, 5.74) is 8.56. The fourth-order valence-electron chi connectivity index (χ4n) is 2.48. The van der Waals surface area contributed by atoms with Crippen LogP contribution in [0.1, 0.15) is 17.0 Å². The zero-order valence-electron chi connectivity index (χ0n) is 11.6. The highest BCUT2D eigenvalue weighted by Crippen LogP contribution is 2.39. The molecule has 2 N–H and O–H groups in total. The molecule has 2 aromatic rings. The number of thioether (sulfide) groups is 1. The minimum Gasteiger partial charge on any atom is -0.465 e. The van der Waals surface area contributed by atoms with E-state index in [1.807, 2.05) is 48.2 Å². The van der Waals surface area contributed by atoms with E-state index in [1.165, 1.54) is 10.5 Å². The Kier molecular flexibility index (Phi) is 4.15. The van der Waals surface area contributed by atoms with Crippen molar-refractivity contribution < 1.29 is 9.53 Å². The standard InChI is InChI=1S/C17H17NO2S/c18-14-5-3-4-12(8-14)9-17(19)20-10-13-11-21-16-7-2-1-6-15(13)16/h1-8,13H,9-11,18H2. The Morgan fingerprint density at radius 2 is 2.10 bits per heavy atom. The maximum Gasteiger partial charge on any atom is 0.310 e. The molecule has 108 valence electrons. The summed E-state index contributed by atoms with van der Waals surface area (Å²) in [6, 6.07) is 15.7. The first-order chi connectivity index (χ1) is 10.2. The first-order valence-electron chi connectivity index (χ1n) is 6.94. The van der Waals surface area contributed by atoms with Crippen molar-refractivity contribution in [2.75, 3.05) is 18.1 Å². The number of ether oxygens (including phenoxy) is 1. The van der Waals surface area contributed by atoms with Crippen LogP contribution in [0.25, 0.3) is 0 Å². The van der Waals surface area contributed by atoms with Gasteiger partial charge >= 0.3 is 5.97 Å². The molecular weight excluding hydrogens is 282 g/mol. The van der Waals surface area contributed by atoms with E-state index in [-0.39, 0.29) is 12.4 Å². The van der Waals surface area contributed by atoms with Gasteiger partial charge in [-0.05, 0) is 29.3 Å². The first-order valence-corrected chi connectivity index (χ1v) is 7.92. The van der Waals surface area contributed by atoms with Gasteiger partial charge in [0.2, 0.25) is 0 Å². The number of nitrogens with two attached hydrogens (primary N) is 1. The van der Waals surface area contributed by atoms with E-state index in [0.29, 0.717) is 18.2 Å². The second kappa shape index (κ2) is 6.22. The van der Waals surface area contributed by atoms with Gasteiger partial charge in [0.25, 0.3) is 0 Å². The number of benzene rings is 2. The summed E-state index contributed by atoms with van der Waals surface area (Å²) in [5.74, 6) is 1.08. The van der Waals surface area contributed by atoms with Crippen LogP contribution in [-0.4, -0.2) is 18.3 Å². The van der Waals surface area contributed by atoms with Gasteiger partial charge < -0.3 is 10.5 Å². The second-order valence-electron chi connectivity index (χ2n) is 5.15. The minimum atomic E-state index is -0.199. The van der Waals surface area contributed by atoms with E-state index >= 15 is 0 Å². The van der Waals surface area contributed by atoms with Crippen molar-refractivity contribution in [1.29, 1.82) is 0 Å². The van der Waals surface area contributed by atoms with Crippen LogP contribution in [0.3, 0.4) is 0 Å². The number of hydrogen-bond donors (Lipinski definition) is 1. The number of carbonyl (C=O) groups excluding carboxylic acids is 1. The lowest BCUT2D eigenvalue weighted by Gasteiger charge is -2.11. The molecule has 0 fully saturated rings. The van der Waals surface area contributed by atoms with E-state index in [9.17, 15) is 4.79 Å². The molecule has 0 spiro atoms. The quantitative estimate of drug-likeness (QED) is 0.695. The Hall–Kier alpha value is -1.94. The van der Waals surface area contributed by atoms with Crippen molar-refractivity contribution in [3.8, 4) is 0 Å². The molecule has 2 aromatic carbocycles. The lowest BCUT2D eigenvalue weighted by Crippen LogP contribution is -2.14. The molecule has 1 aliphatic heterocycles. The van der Waals surface area contributed by atoms with E-state index in [2.05, 4.69) is 12.1 Å². The SMILES string of the molecule is Nc1cccc(CC(=O)OCC2CSc3ccccc32)c1. The summed E-state index contributed by atoms with van der Waals surface area (Å²) in [7, 11) is 0. The largest absolute Gasteiger partial charge is 0.465 e. The molecule has 0 aromatic heterocycles. The van der Waals surface area contributed by atoms with Crippen molar-refractivity contribution in [1.82, 2.24) is 0 Å². The molecule has 0 amide bonds. The number of rotatable bonds is 4. The molecule has 0 aliphatic carbocycles. The van der Waals surface area contributed by atoms with E-state index in [1.54, 1.807) is 0 Å². The summed E-state index contributed by atoms with van der Waals surface area (Å²) >= 11 is 1.83. The molecule has 1 atom stereocenters. The van der Waals surface area contributed by atoms with Gasteiger partial charge in [-0.25, -0.2) is 0 Å². The lowest BCUT2D eigenvalue weighted by atomic mass is 10.0. The average Bonchev–Trinajstić information content (AvgIpc) is 2.88. The van der Waals surface area contributed by atoms with Gasteiger partial charge in [0.1, 0.15) is 0 Å². The summed E-state index contributed by atoms with van der Waals surface area (Å²) in [6.07, 6.45) is 0.270. The smallest absolute Gasteiger partial charge is 0.310 e. The number of nitrogen functional groups attached to an aromatic ring is 1. The van der Waals surface area contributed by atoms with Crippen molar-refractivity contribution in [3.63, 3.8) is 0 Å². The Bertz CT molecular complexity index is 657. The highest BCUT2D eigenvalue weighted by Gasteiger charge is 2.23. The Balaban J connectivity index is 1.55. The fourth-order valence-corrected chi connectivity index (χ4v) is 3.71. The van der Waals surface area contributed by atoms with Crippen LogP contribution >= 0.6 is 11.8 Å². The molecule has 1 unspecified atom stereocenters. The summed E-state index contributed by atoms with van der Waals surface area (Å²) in [4.78, 5) is 13.2. The topological polar surface area (TPSA) is 52.3 Å². The summed E-state index contributed by atoms with van der Waals surface area (Å²) < 4.78 is 5.43. The predicted molar refractivity (Wildman–Crippen MR) is 85.4 cm³/mol. The molecule has 0 saturated carbocycles. The van der Waals surface area contributed by atoms with Crippen molar-refractivity contribution >= 4 is 23.4 Å². The third-order valence-corrected chi connectivity index (χ3v) is 4.80. The molecule has 0 bridgehead atoms. The van der Waals surface area contributed by atoms with Crippen LogP contribution in [0.2, 0.25) is 0 Å². The maximum absolute atomic E-state index is 11.9. The maximum atomic E-state index is 11.9. The van der Waals surface area contributed by atoms with Gasteiger partial charge in [-0.2, -0.15) is 0 Å². The van der Waals surface area contributed by atoms with Crippen LogP contribution in [0, 0.1) is 0 Å². The molecule has 21 heavy (non-hydrogen) atoms. The van der Waals surface area contributed by atoms with Crippen molar-refractivity contribution in [2.24, 2.45) is 0 Å². The van der Waals surface area contributed by atoms with E-state index < -0.39 is 0 Å². The second-order valence-corrected chi connectivity index (χ2v) is 6.21. The van der Waals surface area contributed by atoms with Crippen LogP contribution in [0.5, 0.6) is 0 Å². The number of hydrogen-bond acceptors (Lipinski definition) is 4. The molecule has 1 heterocycles. The number of anilines is 1. The number of fused-ring (bicyclic) bond motifs is 1. The third kappa shape index (κ3) is 3.39. The monoisotopic (exact) mass is 299 g/mol. The zero-order chi connectivity index (χ0) is 14.7. The Labute approximate surface area is 128 Å². The van der Waals surface area contributed by atoms with Crippen molar-refractivity contribution in [2.45, 2.75) is 17.2 Å². The normalized spacial score (nSPS) is 16.5. The molecule has 0 saturated heterocycles. The highest BCUT2D eigenvalue weighted by atomic mass is 32.2. The van der Waals surface area contributed by atoms with Gasteiger partial charge in [0.05, 0.1) is 13.0 Å². The number of esters is 1. The molecule has 4 heteroatoms. The average molecular weight is 299 g/mol. The minimum absolute atomic E-state index is 0.199. The van der Waals surface area contributed by atoms with Crippen LogP contribution in [0.4, 0.5) is 5.69 Å². The fraction of sp³-hybridized carbons (Fsp3) is 0.235. The molecular formula is C17H17NO2S. The number of carbonyl (C=O) groups is 1. The van der Waals surface area contributed by atoms with E-state index in [4.69, 9.17) is 10.5 Å².